The largest absolute Gasteiger partial charge is 0.384 e. The van der Waals surface area contributed by atoms with Gasteiger partial charge in [-0.25, -0.2) is 4.58 Å². The zero-order chi connectivity index (χ0) is 7.28. The van der Waals surface area contributed by atoms with Crippen LogP contribution in [0.15, 0.2) is 0 Å². The Kier molecular flexibility index (Phi) is 4.32. The molecule has 0 atom stereocenters. The molecule has 2 nitrogen and oxygen atoms in total. The molecule has 0 aromatic rings. The summed E-state index contributed by atoms with van der Waals surface area (Å²) in [6.45, 7) is 2.93. The first kappa shape index (κ1) is 8.63. The topological polar surface area (TPSA) is 12.2 Å². The van der Waals surface area contributed by atoms with E-state index in [-0.39, 0.29) is 0 Å². The molecule has 9 heavy (non-hydrogen) atoms. The summed E-state index contributed by atoms with van der Waals surface area (Å²) in [6.07, 6.45) is 1.03. The van der Waals surface area contributed by atoms with Gasteiger partial charge in [-0.2, -0.15) is 0 Å². The zero-order valence-corrected chi connectivity index (χ0v) is 6.77. The fraction of sp³-hybridized carbons (Fsp3) is 0.857. The Morgan fingerprint density at radius 3 is 2.33 bits per heavy atom. The van der Waals surface area contributed by atoms with Gasteiger partial charge in [0.1, 0.15) is 14.1 Å². The number of rotatable bonds is 3. The fourth-order valence-corrected chi connectivity index (χ4v) is 0.473. The number of methoxy groups -OCH3 is 1. The highest BCUT2D eigenvalue weighted by Crippen LogP contribution is 1.83. The molecule has 0 rings (SSSR count). The van der Waals surface area contributed by atoms with E-state index in [0.717, 1.165) is 13.0 Å². The number of hydrogen-bond donors (Lipinski definition) is 0. The molecule has 54 valence electrons. The molecule has 0 unspecified atom stereocenters. The van der Waals surface area contributed by atoms with Crippen LogP contribution in [0.2, 0.25) is 0 Å². The highest BCUT2D eigenvalue weighted by Gasteiger charge is 1.97. The predicted molar refractivity (Wildman–Crippen MR) is 39.3 cm³/mol. The molecule has 0 amide bonds. The maximum absolute atomic E-state index is 4.92. The van der Waals surface area contributed by atoms with E-state index in [4.69, 9.17) is 4.74 Å². The van der Waals surface area contributed by atoms with Crippen LogP contribution in [0.3, 0.4) is 0 Å². The van der Waals surface area contributed by atoms with Crippen molar-refractivity contribution < 1.29 is 9.31 Å². The van der Waals surface area contributed by atoms with E-state index in [0.29, 0.717) is 0 Å². The van der Waals surface area contributed by atoms with Crippen molar-refractivity contribution in [2.24, 2.45) is 0 Å². The van der Waals surface area contributed by atoms with Crippen LogP contribution in [-0.4, -0.2) is 38.1 Å². The van der Waals surface area contributed by atoms with E-state index >= 15 is 0 Å². The average Bonchev–Trinajstić information content (AvgIpc) is 1.82. The molecule has 0 saturated heterocycles. The lowest BCUT2D eigenvalue weighted by atomic mass is 10.3. The fourth-order valence-electron chi connectivity index (χ4n) is 0.473. The van der Waals surface area contributed by atoms with Gasteiger partial charge in [0.2, 0.25) is 0 Å². The van der Waals surface area contributed by atoms with Crippen molar-refractivity contribution in [3.63, 3.8) is 0 Å². The minimum atomic E-state index is 0.823. The van der Waals surface area contributed by atoms with Crippen molar-refractivity contribution in [2.45, 2.75) is 13.3 Å². The molecule has 0 spiro atoms. The molecule has 0 aromatic carbocycles. The Bertz CT molecular complexity index is 103. The van der Waals surface area contributed by atoms with Crippen molar-refractivity contribution in [2.75, 3.05) is 27.8 Å². The van der Waals surface area contributed by atoms with Crippen LogP contribution in [0, 0.1) is 0 Å². The highest BCUT2D eigenvalue weighted by molar-refractivity contribution is 5.76. The van der Waals surface area contributed by atoms with Gasteiger partial charge in [0.15, 0.2) is 5.71 Å². The summed E-state index contributed by atoms with van der Waals surface area (Å²) in [6, 6.07) is 0. The van der Waals surface area contributed by atoms with Crippen molar-refractivity contribution in [3.8, 4) is 0 Å². The van der Waals surface area contributed by atoms with Gasteiger partial charge in [-0.15, -0.1) is 0 Å². The predicted octanol–water partition coefficient (Wildman–Crippen LogP) is 0.756. The molecular formula is C7H16NO+. The standard InChI is InChI=1S/C7H16NO/c1-7(8(2)3)5-6-9-4/h5-6H2,1-4H3/q+1. The Labute approximate surface area is 57.1 Å². The second kappa shape index (κ2) is 4.50. The summed E-state index contributed by atoms with van der Waals surface area (Å²) in [5, 5.41) is 0. The van der Waals surface area contributed by atoms with Crippen LogP contribution in [0.5, 0.6) is 0 Å². The van der Waals surface area contributed by atoms with Crippen LogP contribution in [0.4, 0.5) is 0 Å². The van der Waals surface area contributed by atoms with E-state index in [1.807, 2.05) is 14.1 Å². The van der Waals surface area contributed by atoms with Crippen molar-refractivity contribution in [3.05, 3.63) is 0 Å². The maximum Gasteiger partial charge on any atom is 0.151 e. The molecule has 0 radical (unpaired) electrons. The van der Waals surface area contributed by atoms with E-state index < -0.39 is 0 Å². The molecule has 0 aliphatic heterocycles. The Hall–Kier alpha value is -0.370. The summed E-state index contributed by atoms with van der Waals surface area (Å²) < 4.78 is 7.03. The first-order valence-corrected chi connectivity index (χ1v) is 3.17. The van der Waals surface area contributed by atoms with Gasteiger partial charge >= 0.3 is 0 Å². The third-order valence-corrected chi connectivity index (χ3v) is 1.43. The monoisotopic (exact) mass is 130 g/mol. The van der Waals surface area contributed by atoms with Crippen LogP contribution >= 0.6 is 0 Å². The van der Waals surface area contributed by atoms with Crippen molar-refractivity contribution in [1.82, 2.24) is 0 Å². The van der Waals surface area contributed by atoms with E-state index in [9.17, 15) is 0 Å². The van der Waals surface area contributed by atoms with Gasteiger partial charge < -0.3 is 4.74 Å². The summed E-state index contributed by atoms with van der Waals surface area (Å²) in [7, 11) is 5.82. The average molecular weight is 130 g/mol. The van der Waals surface area contributed by atoms with Gasteiger partial charge in [-0.3, -0.25) is 0 Å². The first-order chi connectivity index (χ1) is 4.18. The van der Waals surface area contributed by atoms with Gasteiger partial charge in [0.25, 0.3) is 0 Å². The molecule has 0 fully saturated rings. The molecule has 0 bridgehead atoms. The zero-order valence-electron chi connectivity index (χ0n) is 6.77. The Morgan fingerprint density at radius 2 is 2.00 bits per heavy atom. The third kappa shape index (κ3) is 4.15. The summed E-state index contributed by atoms with van der Waals surface area (Å²) in [5.41, 5.74) is 1.36. The van der Waals surface area contributed by atoms with E-state index in [1.165, 1.54) is 5.71 Å². The van der Waals surface area contributed by atoms with Crippen LogP contribution in [0.25, 0.3) is 0 Å². The van der Waals surface area contributed by atoms with E-state index in [2.05, 4.69) is 11.5 Å². The second-order valence-corrected chi connectivity index (χ2v) is 2.37. The third-order valence-electron chi connectivity index (χ3n) is 1.43. The Morgan fingerprint density at radius 1 is 1.44 bits per heavy atom. The minimum absolute atomic E-state index is 0.823. The van der Waals surface area contributed by atoms with Gasteiger partial charge in [-0.05, 0) is 0 Å². The summed E-state index contributed by atoms with van der Waals surface area (Å²) >= 11 is 0. The molecule has 2 heteroatoms. The second-order valence-electron chi connectivity index (χ2n) is 2.37. The van der Waals surface area contributed by atoms with Crippen molar-refractivity contribution in [1.29, 1.82) is 0 Å². The quantitative estimate of drug-likeness (QED) is 0.406. The van der Waals surface area contributed by atoms with Crippen LogP contribution in [0.1, 0.15) is 13.3 Å². The molecule has 0 heterocycles. The lowest BCUT2D eigenvalue weighted by molar-refractivity contribution is -0.466. The minimum Gasteiger partial charge on any atom is -0.384 e. The summed E-state index contributed by atoms with van der Waals surface area (Å²) in [4.78, 5) is 0. The first-order valence-electron chi connectivity index (χ1n) is 3.17. The SMILES string of the molecule is COCCC(C)=[N+](C)C. The number of nitrogens with zero attached hydrogens (tertiary/aromatic N) is 1. The van der Waals surface area contributed by atoms with Crippen LogP contribution in [-0.2, 0) is 4.74 Å². The molecule has 0 aromatic heterocycles. The number of ether oxygens (including phenoxy) is 1. The maximum atomic E-state index is 4.92. The van der Waals surface area contributed by atoms with Crippen molar-refractivity contribution >= 4 is 5.71 Å². The molecule has 0 N–H and O–H groups in total. The van der Waals surface area contributed by atoms with Gasteiger partial charge in [0.05, 0.1) is 13.0 Å². The molecule has 0 aliphatic carbocycles. The van der Waals surface area contributed by atoms with E-state index in [1.54, 1.807) is 7.11 Å². The smallest absolute Gasteiger partial charge is 0.151 e. The normalized spacial score (nSPS) is 9.33. The highest BCUT2D eigenvalue weighted by atomic mass is 16.5. The van der Waals surface area contributed by atoms with Crippen LogP contribution < -0.4 is 0 Å². The number of hydrogen-bond acceptors (Lipinski definition) is 1. The van der Waals surface area contributed by atoms with Gasteiger partial charge in [0, 0.05) is 14.0 Å². The lowest BCUT2D eigenvalue weighted by Crippen LogP contribution is -2.11. The molecular weight excluding hydrogens is 114 g/mol. The van der Waals surface area contributed by atoms with Gasteiger partial charge in [-0.1, -0.05) is 0 Å². The Balaban J connectivity index is 3.50. The molecule has 0 aliphatic rings. The summed E-state index contributed by atoms with van der Waals surface area (Å²) in [5.74, 6) is 0. The lowest BCUT2D eigenvalue weighted by Gasteiger charge is -1.95. The molecule has 0 saturated carbocycles.